The van der Waals surface area contributed by atoms with Crippen molar-refractivity contribution in [2.75, 3.05) is 13.2 Å². The van der Waals surface area contributed by atoms with Crippen molar-refractivity contribution in [3.05, 3.63) is 60.8 Å². The summed E-state index contributed by atoms with van der Waals surface area (Å²) < 4.78 is 16.8. The van der Waals surface area contributed by atoms with Crippen molar-refractivity contribution < 1.29 is 28.6 Å². The maximum Gasteiger partial charge on any atom is 0.306 e. The van der Waals surface area contributed by atoms with Gasteiger partial charge in [-0.3, -0.25) is 14.4 Å². The molecule has 0 rings (SSSR count). The lowest BCUT2D eigenvalue weighted by atomic mass is 10.1. The molecule has 1 atom stereocenters. The summed E-state index contributed by atoms with van der Waals surface area (Å²) in [5.74, 6) is -0.911. The van der Waals surface area contributed by atoms with Gasteiger partial charge in [0, 0.05) is 19.3 Å². The molecule has 0 heterocycles. The van der Waals surface area contributed by atoms with E-state index in [1.807, 2.05) is 0 Å². The largest absolute Gasteiger partial charge is 0.462 e. The zero-order valence-electron chi connectivity index (χ0n) is 44.4. The van der Waals surface area contributed by atoms with Gasteiger partial charge in [-0.05, 0) is 89.9 Å². The summed E-state index contributed by atoms with van der Waals surface area (Å²) in [5.41, 5.74) is 0. The number of hydrogen-bond acceptors (Lipinski definition) is 6. The Balaban J connectivity index is 4.39. The van der Waals surface area contributed by atoms with Crippen LogP contribution in [0.4, 0.5) is 0 Å². The van der Waals surface area contributed by atoms with Crippen molar-refractivity contribution in [2.24, 2.45) is 0 Å². The minimum atomic E-state index is -0.787. The maximum absolute atomic E-state index is 12.8. The van der Waals surface area contributed by atoms with Crippen LogP contribution in [-0.2, 0) is 28.6 Å². The summed E-state index contributed by atoms with van der Waals surface area (Å²) in [7, 11) is 0. The first-order valence-corrected chi connectivity index (χ1v) is 28.8. The van der Waals surface area contributed by atoms with E-state index >= 15 is 0 Å². The Morgan fingerprint density at radius 1 is 0.299 bits per heavy atom. The highest BCUT2D eigenvalue weighted by molar-refractivity contribution is 5.71. The zero-order valence-corrected chi connectivity index (χ0v) is 44.4. The van der Waals surface area contributed by atoms with Gasteiger partial charge in [0.25, 0.3) is 0 Å². The topological polar surface area (TPSA) is 78.9 Å². The fourth-order valence-electron chi connectivity index (χ4n) is 8.13. The number of allylic oxidation sites excluding steroid dienone is 10. The van der Waals surface area contributed by atoms with Crippen LogP contribution in [0.25, 0.3) is 0 Å². The van der Waals surface area contributed by atoms with Crippen LogP contribution < -0.4 is 0 Å². The second-order valence-electron chi connectivity index (χ2n) is 19.2. The average Bonchev–Trinajstić information content (AvgIpc) is 3.33. The van der Waals surface area contributed by atoms with Crippen molar-refractivity contribution in [1.82, 2.24) is 0 Å². The summed E-state index contributed by atoms with van der Waals surface area (Å²) in [5, 5.41) is 0. The Kier molecular flexibility index (Phi) is 53.3. The standard InChI is InChI=1S/C61H108O6/c1-4-7-10-13-16-19-22-24-26-28-30-32-34-36-39-42-45-48-51-54-60(63)66-57-58(56-65-59(62)53-50-47-44-41-38-21-18-15-12-9-6-3)67-61(64)55-52-49-46-43-40-37-35-33-31-29-27-25-23-20-17-14-11-8-5-2/h16,19,24,26,29-32,36,39,58H,4-15,17-18,20-23,25,27-28,33-35,37-38,40-57H2,1-3H3/b19-16-,26-24-,31-29-,32-30-,39-36-/t58-/m1/s1. The highest BCUT2D eigenvalue weighted by atomic mass is 16.6. The van der Waals surface area contributed by atoms with Crippen molar-refractivity contribution in [3.8, 4) is 0 Å². The van der Waals surface area contributed by atoms with Gasteiger partial charge in [-0.2, -0.15) is 0 Å². The Hall–Kier alpha value is -2.89. The van der Waals surface area contributed by atoms with Gasteiger partial charge in [0.15, 0.2) is 6.10 Å². The third-order valence-electron chi connectivity index (χ3n) is 12.5. The molecule has 0 aromatic rings. The van der Waals surface area contributed by atoms with E-state index in [-0.39, 0.29) is 31.1 Å². The van der Waals surface area contributed by atoms with Crippen molar-refractivity contribution in [3.63, 3.8) is 0 Å². The minimum absolute atomic E-state index is 0.0840. The van der Waals surface area contributed by atoms with E-state index in [0.717, 1.165) is 83.5 Å². The summed E-state index contributed by atoms with van der Waals surface area (Å²) in [6.45, 7) is 6.60. The summed E-state index contributed by atoms with van der Waals surface area (Å²) >= 11 is 0. The molecule has 6 nitrogen and oxygen atoms in total. The molecular weight excluding hydrogens is 829 g/mol. The molecule has 0 aliphatic carbocycles. The average molecular weight is 938 g/mol. The smallest absolute Gasteiger partial charge is 0.306 e. The van der Waals surface area contributed by atoms with E-state index in [1.54, 1.807) is 0 Å². The van der Waals surface area contributed by atoms with Gasteiger partial charge in [-0.25, -0.2) is 0 Å². The van der Waals surface area contributed by atoms with Gasteiger partial charge in [0.1, 0.15) is 13.2 Å². The lowest BCUT2D eigenvalue weighted by molar-refractivity contribution is -0.167. The molecule has 0 spiro atoms. The Morgan fingerprint density at radius 3 is 0.896 bits per heavy atom. The van der Waals surface area contributed by atoms with Crippen LogP contribution in [0.15, 0.2) is 60.8 Å². The molecule has 0 aliphatic heterocycles. The molecule has 0 radical (unpaired) electrons. The Morgan fingerprint density at radius 2 is 0.537 bits per heavy atom. The van der Waals surface area contributed by atoms with E-state index in [2.05, 4.69) is 81.5 Å². The van der Waals surface area contributed by atoms with E-state index in [9.17, 15) is 14.4 Å². The zero-order chi connectivity index (χ0) is 48.6. The fraction of sp³-hybridized carbons (Fsp3) is 0.787. The quantitative estimate of drug-likeness (QED) is 0.0262. The number of rotatable bonds is 52. The van der Waals surface area contributed by atoms with Crippen LogP contribution >= 0.6 is 0 Å². The van der Waals surface area contributed by atoms with Gasteiger partial charge < -0.3 is 14.2 Å². The number of hydrogen-bond donors (Lipinski definition) is 0. The first kappa shape index (κ1) is 64.1. The van der Waals surface area contributed by atoms with Crippen LogP contribution in [0.1, 0.15) is 290 Å². The molecule has 388 valence electrons. The monoisotopic (exact) mass is 937 g/mol. The SMILES string of the molecule is CCCCC/C=C\C/C=C\C/C=C\C/C=C\CCCCCC(=O)OC[C@@H](COC(=O)CCCCCCCCCCCCC)OC(=O)CCCCCCCCC/C=C\CCCCCCCCCC. The minimum Gasteiger partial charge on any atom is -0.462 e. The van der Waals surface area contributed by atoms with Gasteiger partial charge in [0.05, 0.1) is 0 Å². The highest BCUT2D eigenvalue weighted by Crippen LogP contribution is 2.15. The number of carbonyl (C=O) groups excluding carboxylic acids is 3. The Labute approximate surface area is 415 Å². The molecule has 0 saturated heterocycles. The predicted molar refractivity (Wildman–Crippen MR) is 288 cm³/mol. The fourth-order valence-corrected chi connectivity index (χ4v) is 8.13. The Bertz CT molecular complexity index is 1210. The van der Waals surface area contributed by atoms with E-state index < -0.39 is 6.10 Å². The molecule has 0 fully saturated rings. The highest BCUT2D eigenvalue weighted by Gasteiger charge is 2.19. The van der Waals surface area contributed by atoms with Gasteiger partial charge in [-0.15, -0.1) is 0 Å². The lowest BCUT2D eigenvalue weighted by Gasteiger charge is -2.18. The van der Waals surface area contributed by atoms with Gasteiger partial charge >= 0.3 is 17.9 Å². The number of carbonyl (C=O) groups is 3. The molecule has 0 aromatic heterocycles. The maximum atomic E-state index is 12.8. The van der Waals surface area contributed by atoms with Crippen LogP contribution in [0.3, 0.4) is 0 Å². The first-order chi connectivity index (χ1) is 33.0. The molecule has 67 heavy (non-hydrogen) atoms. The third kappa shape index (κ3) is 53.9. The molecule has 0 amide bonds. The predicted octanol–water partition coefficient (Wildman–Crippen LogP) is 19.2. The van der Waals surface area contributed by atoms with Crippen LogP contribution in [0.2, 0.25) is 0 Å². The van der Waals surface area contributed by atoms with Crippen LogP contribution in [0, 0.1) is 0 Å². The van der Waals surface area contributed by atoms with E-state index in [1.165, 1.54) is 167 Å². The molecule has 0 saturated carbocycles. The lowest BCUT2D eigenvalue weighted by Crippen LogP contribution is -2.30. The molecular formula is C61H108O6. The summed E-state index contributed by atoms with van der Waals surface area (Å²) in [6, 6.07) is 0. The van der Waals surface area contributed by atoms with E-state index in [4.69, 9.17) is 14.2 Å². The second kappa shape index (κ2) is 55.7. The second-order valence-corrected chi connectivity index (χ2v) is 19.2. The molecule has 0 aliphatic rings. The molecule has 6 heteroatoms. The van der Waals surface area contributed by atoms with E-state index in [0.29, 0.717) is 19.3 Å². The van der Waals surface area contributed by atoms with Crippen LogP contribution in [0.5, 0.6) is 0 Å². The third-order valence-corrected chi connectivity index (χ3v) is 12.5. The number of unbranched alkanes of at least 4 members (excludes halogenated alkanes) is 31. The molecule has 0 unspecified atom stereocenters. The molecule has 0 N–H and O–H groups in total. The van der Waals surface area contributed by atoms with Crippen molar-refractivity contribution >= 4 is 17.9 Å². The number of ether oxygens (including phenoxy) is 3. The van der Waals surface area contributed by atoms with Gasteiger partial charge in [0.2, 0.25) is 0 Å². The van der Waals surface area contributed by atoms with Crippen molar-refractivity contribution in [1.29, 1.82) is 0 Å². The first-order valence-electron chi connectivity index (χ1n) is 28.8. The van der Waals surface area contributed by atoms with Crippen LogP contribution in [-0.4, -0.2) is 37.2 Å². The summed E-state index contributed by atoms with van der Waals surface area (Å²) in [4.78, 5) is 38.1. The summed E-state index contributed by atoms with van der Waals surface area (Å²) in [6.07, 6.45) is 69.2. The van der Waals surface area contributed by atoms with Gasteiger partial charge in [-0.1, -0.05) is 242 Å². The molecule has 0 bridgehead atoms. The number of esters is 3. The normalized spacial score (nSPS) is 12.5. The van der Waals surface area contributed by atoms with Crippen molar-refractivity contribution in [2.45, 2.75) is 297 Å². The molecule has 0 aromatic carbocycles.